The highest BCUT2D eigenvalue weighted by molar-refractivity contribution is 6.01. The molecule has 0 fully saturated rings. The Morgan fingerprint density at radius 2 is 1.87 bits per heavy atom. The highest BCUT2D eigenvalue weighted by Gasteiger charge is 2.26. The summed E-state index contributed by atoms with van der Waals surface area (Å²) in [7, 11) is 1.29. The van der Waals surface area contributed by atoms with Gasteiger partial charge in [0, 0.05) is 17.8 Å². The van der Waals surface area contributed by atoms with Crippen molar-refractivity contribution in [3.05, 3.63) is 53.1 Å². The third-order valence-electron chi connectivity index (χ3n) is 5.18. The van der Waals surface area contributed by atoms with Gasteiger partial charge in [-0.3, -0.25) is 9.59 Å². The van der Waals surface area contributed by atoms with Gasteiger partial charge in [0.25, 0.3) is 5.91 Å². The van der Waals surface area contributed by atoms with Crippen LogP contribution in [0.5, 0.6) is 11.5 Å². The lowest BCUT2D eigenvalue weighted by Crippen LogP contribution is -2.39. The number of methoxy groups -OCH3 is 1. The lowest BCUT2D eigenvalue weighted by Gasteiger charge is -2.22. The number of amides is 2. The Morgan fingerprint density at radius 3 is 2.52 bits per heavy atom. The minimum absolute atomic E-state index is 0.00222. The summed E-state index contributed by atoms with van der Waals surface area (Å²) < 4.78 is 34.2. The summed E-state index contributed by atoms with van der Waals surface area (Å²) in [5.41, 5.74) is 3.39. The van der Waals surface area contributed by atoms with Crippen molar-refractivity contribution >= 4 is 17.5 Å². The monoisotopic (exact) mass is 432 g/mol. The van der Waals surface area contributed by atoms with Crippen LogP contribution in [-0.4, -0.2) is 38.6 Å². The first kappa shape index (κ1) is 22.5. The number of nitrogens with one attached hydrogen (secondary N) is 1. The van der Waals surface area contributed by atoms with Gasteiger partial charge in [-0.25, -0.2) is 0 Å². The van der Waals surface area contributed by atoms with Gasteiger partial charge in [0.1, 0.15) is 0 Å². The predicted molar refractivity (Wildman–Crippen MR) is 113 cm³/mol. The molecule has 2 amide bonds. The minimum Gasteiger partial charge on any atom is -0.493 e. The van der Waals surface area contributed by atoms with Crippen LogP contribution in [0.1, 0.15) is 42.3 Å². The fourth-order valence-electron chi connectivity index (χ4n) is 3.48. The molecule has 1 N–H and O–H groups in total. The Labute approximate surface area is 180 Å². The Balaban J connectivity index is 1.65. The Bertz CT molecular complexity index is 986. The number of carbonyl (C=O) groups is 2. The number of ether oxygens (including phenoxy) is 2. The number of anilines is 1. The molecule has 0 unspecified atom stereocenters. The number of alkyl halides is 2. The average Bonchev–Trinajstić information content (AvgIpc) is 3.14. The van der Waals surface area contributed by atoms with E-state index in [1.54, 1.807) is 4.90 Å². The fraction of sp³-hybridized carbons (Fsp3) is 0.391. The van der Waals surface area contributed by atoms with Crippen molar-refractivity contribution < 1.29 is 27.8 Å². The van der Waals surface area contributed by atoms with Gasteiger partial charge >= 0.3 is 6.61 Å². The molecule has 1 aliphatic rings. The number of rotatable bonds is 6. The molecule has 6 nitrogen and oxygen atoms in total. The van der Waals surface area contributed by atoms with Crippen molar-refractivity contribution in [2.24, 2.45) is 0 Å². The summed E-state index contributed by atoms with van der Waals surface area (Å²) in [4.78, 5) is 26.8. The van der Waals surface area contributed by atoms with E-state index in [-0.39, 0.29) is 34.9 Å². The highest BCUT2D eigenvalue weighted by atomic mass is 19.3. The van der Waals surface area contributed by atoms with Gasteiger partial charge in [-0.2, -0.15) is 8.78 Å². The number of carbonyl (C=O) groups excluding carboxylic acids is 2. The molecule has 31 heavy (non-hydrogen) atoms. The van der Waals surface area contributed by atoms with E-state index in [0.29, 0.717) is 6.54 Å². The number of hydrogen-bond acceptors (Lipinski definition) is 4. The van der Waals surface area contributed by atoms with Crippen molar-refractivity contribution in [3.63, 3.8) is 0 Å². The number of hydrogen-bond donors (Lipinski definition) is 1. The van der Waals surface area contributed by atoms with Gasteiger partial charge in [0.2, 0.25) is 5.91 Å². The van der Waals surface area contributed by atoms with Gasteiger partial charge in [-0.1, -0.05) is 32.9 Å². The molecule has 0 aromatic heterocycles. The fourth-order valence-corrected chi connectivity index (χ4v) is 3.48. The smallest absolute Gasteiger partial charge is 0.387 e. The maximum Gasteiger partial charge on any atom is 0.387 e. The minimum atomic E-state index is -3.01. The maximum atomic E-state index is 12.7. The van der Waals surface area contributed by atoms with Crippen molar-refractivity contribution in [1.82, 2.24) is 5.32 Å². The molecule has 166 valence electrons. The maximum absolute atomic E-state index is 12.7. The first-order valence-electron chi connectivity index (χ1n) is 9.95. The Morgan fingerprint density at radius 1 is 1.13 bits per heavy atom. The largest absolute Gasteiger partial charge is 0.493 e. The zero-order chi connectivity index (χ0) is 22.8. The van der Waals surface area contributed by atoms with E-state index in [9.17, 15) is 18.4 Å². The quantitative estimate of drug-likeness (QED) is 0.752. The highest BCUT2D eigenvalue weighted by Crippen LogP contribution is 2.33. The van der Waals surface area contributed by atoms with Crippen LogP contribution in [0.15, 0.2) is 36.4 Å². The van der Waals surface area contributed by atoms with Crippen LogP contribution >= 0.6 is 0 Å². The van der Waals surface area contributed by atoms with Crippen molar-refractivity contribution in [2.45, 2.75) is 39.2 Å². The van der Waals surface area contributed by atoms with E-state index in [1.807, 2.05) is 12.1 Å². The molecule has 2 aromatic rings. The molecule has 0 aliphatic carbocycles. The molecular weight excluding hydrogens is 406 g/mol. The summed E-state index contributed by atoms with van der Waals surface area (Å²) >= 11 is 0. The lowest BCUT2D eigenvalue weighted by molar-refractivity contribution is -0.117. The molecule has 3 rings (SSSR count). The molecule has 0 atom stereocenters. The molecule has 1 heterocycles. The van der Waals surface area contributed by atoms with Gasteiger partial charge in [-0.05, 0) is 47.2 Å². The molecule has 0 radical (unpaired) electrons. The number of halogens is 2. The van der Waals surface area contributed by atoms with E-state index < -0.39 is 12.5 Å². The molecule has 0 saturated carbocycles. The standard InChI is InChI=1S/C23H26F2N2O4/c1-23(2,3)16-6-7-17-14(11-16)9-10-27(17)20(28)13-26-21(29)15-5-8-18(31-22(24)25)19(12-15)30-4/h5-8,11-12,22H,9-10,13H2,1-4H3,(H,26,29). The third-order valence-corrected chi connectivity index (χ3v) is 5.18. The van der Waals surface area contributed by atoms with Crippen LogP contribution in [0.3, 0.4) is 0 Å². The Hall–Kier alpha value is -3.16. The second kappa shape index (κ2) is 8.91. The first-order chi connectivity index (χ1) is 14.6. The molecule has 0 bridgehead atoms. The van der Waals surface area contributed by atoms with Crippen molar-refractivity contribution in [3.8, 4) is 11.5 Å². The average molecular weight is 432 g/mol. The molecule has 1 aliphatic heterocycles. The second-order valence-corrected chi connectivity index (χ2v) is 8.32. The van der Waals surface area contributed by atoms with Crippen molar-refractivity contribution in [1.29, 1.82) is 0 Å². The van der Waals surface area contributed by atoms with E-state index in [4.69, 9.17) is 4.74 Å². The van der Waals surface area contributed by atoms with E-state index >= 15 is 0 Å². The third kappa shape index (κ3) is 5.13. The number of benzene rings is 2. The van der Waals surface area contributed by atoms with E-state index in [1.165, 1.54) is 30.9 Å². The van der Waals surface area contributed by atoms with Gasteiger partial charge in [0.15, 0.2) is 11.5 Å². The molecule has 0 saturated heterocycles. The topological polar surface area (TPSA) is 67.9 Å². The lowest BCUT2D eigenvalue weighted by atomic mass is 9.86. The van der Waals surface area contributed by atoms with Gasteiger partial charge < -0.3 is 19.7 Å². The zero-order valence-electron chi connectivity index (χ0n) is 18.0. The van der Waals surface area contributed by atoms with Crippen LogP contribution in [0.4, 0.5) is 14.5 Å². The van der Waals surface area contributed by atoms with E-state index in [2.05, 4.69) is 36.9 Å². The number of fused-ring (bicyclic) bond motifs is 1. The molecule has 2 aromatic carbocycles. The summed E-state index contributed by atoms with van der Waals surface area (Å²) in [5.74, 6) is -0.909. The summed E-state index contributed by atoms with van der Waals surface area (Å²) in [6.07, 6.45) is 0.766. The second-order valence-electron chi connectivity index (χ2n) is 8.32. The van der Waals surface area contributed by atoms with Crippen LogP contribution < -0.4 is 19.7 Å². The zero-order valence-corrected chi connectivity index (χ0v) is 18.0. The van der Waals surface area contributed by atoms with Crippen LogP contribution in [0.25, 0.3) is 0 Å². The summed E-state index contributed by atoms with van der Waals surface area (Å²) in [6.45, 7) is 3.80. The first-order valence-corrected chi connectivity index (χ1v) is 9.95. The summed E-state index contributed by atoms with van der Waals surface area (Å²) in [5, 5.41) is 2.58. The van der Waals surface area contributed by atoms with Crippen LogP contribution in [0, 0.1) is 0 Å². The predicted octanol–water partition coefficient (Wildman–Crippen LogP) is 3.91. The van der Waals surface area contributed by atoms with Gasteiger partial charge in [0.05, 0.1) is 13.7 Å². The normalized spacial score (nSPS) is 13.2. The number of nitrogens with zero attached hydrogens (tertiary/aromatic N) is 1. The van der Waals surface area contributed by atoms with Crippen LogP contribution in [0.2, 0.25) is 0 Å². The van der Waals surface area contributed by atoms with Crippen LogP contribution in [-0.2, 0) is 16.6 Å². The van der Waals surface area contributed by atoms with Crippen molar-refractivity contribution in [2.75, 3.05) is 25.1 Å². The summed E-state index contributed by atoms with van der Waals surface area (Å²) in [6, 6.07) is 9.96. The SMILES string of the molecule is COc1cc(C(=O)NCC(=O)N2CCc3cc(C(C)(C)C)ccc32)ccc1OC(F)F. The van der Waals surface area contributed by atoms with E-state index in [0.717, 1.165) is 17.7 Å². The van der Waals surface area contributed by atoms with Gasteiger partial charge in [-0.15, -0.1) is 0 Å². The molecular formula is C23H26F2N2O4. The molecule has 8 heteroatoms. The molecule has 0 spiro atoms. The Kier molecular flexibility index (Phi) is 6.48.